The number of hydrogen-bond donors (Lipinski definition) is 1. The molecule has 0 aromatic rings. The first kappa shape index (κ1) is 16.4. The molecule has 18 heavy (non-hydrogen) atoms. The number of ether oxygens (including phenoxy) is 1. The van der Waals surface area contributed by atoms with Crippen molar-refractivity contribution in [1.29, 1.82) is 0 Å². The van der Waals surface area contributed by atoms with E-state index in [9.17, 15) is 9.46 Å². The van der Waals surface area contributed by atoms with Crippen LogP contribution in [0.2, 0.25) is 0 Å². The molecule has 106 valence electrons. The topological polar surface area (TPSA) is 55.8 Å². The number of methoxy groups -OCH3 is 1. The monoisotopic (exact) mass is 340 g/mol. The standard InChI is InChI=1S/C12H22BrO4P/c1-10(2,3)9-8(13)12(16-7,11(4,5)6)17-18(9,14)15/h1-7H3,(H,14,15). The molecule has 0 aromatic carbocycles. The zero-order valence-corrected chi connectivity index (χ0v) is 14.5. The van der Waals surface area contributed by atoms with Gasteiger partial charge in [-0.3, -0.25) is 9.09 Å². The van der Waals surface area contributed by atoms with E-state index in [0.717, 1.165) is 0 Å². The highest BCUT2D eigenvalue weighted by Gasteiger charge is 2.60. The van der Waals surface area contributed by atoms with Crippen LogP contribution in [0.15, 0.2) is 9.80 Å². The summed E-state index contributed by atoms with van der Waals surface area (Å²) in [5, 5.41) is 0.381. The predicted octanol–water partition coefficient (Wildman–Crippen LogP) is 4.24. The lowest BCUT2D eigenvalue weighted by molar-refractivity contribution is -0.189. The lowest BCUT2D eigenvalue weighted by Crippen LogP contribution is -2.45. The number of hydrogen-bond acceptors (Lipinski definition) is 3. The van der Waals surface area contributed by atoms with Gasteiger partial charge in [-0.1, -0.05) is 41.5 Å². The first-order valence-electron chi connectivity index (χ1n) is 5.79. The van der Waals surface area contributed by atoms with Crippen molar-refractivity contribution >= 4 is 23.5 Å². The van der Waals surface area contributed by atoms with Crippen LogP contribution < -0.4 is 0 Å². The van der Waals surface area contributed by atoms with Gasteiger partial charge in [0.1, 0.15) is 0 Å². The highest BCUT2D eigenvalue weighted by molar-refractivity contribution is 9.11. The fourth-order valence-electron chi connectivity index (χ4n) is 2.19. The van der Waals surface area contributed by atoms with Gasteiger partial charge < -0.3 is 9.63 Å². The first-order chi connectivity index (χ1) is 7.79. The van der Waals surface area contributed by atoms with E-state index >= 15 is 0 Å². The van der Waals surface area contributed by atoms with Gasteiger partial charge in [0, 0.05) is 12.5 Å². The molecule has 1 rings (SSSR count). The maximum Gasteiger partial charge on any atom is 0.359 e. The minimum absolute atomic E-state index is 0.381. The zero-order chi connectivity index (χ0) is 14.6. The molecule has 0 amide bonds. The molecule has 1 heterocycles. The van der Waals surface area contributed by atoms with Crippen LogP contribution >= 0.6 is 23.5 Å². The fraction of sp³-hybridized carbons (Fsp3) is 0.833. The van der Waals surface area contributed by atoms with E-state index in [4.69, 9.17) is 9.26 Å². The molecule has 0 bridgehead atoms. The first-order valence-corrected chi connectivity index (χ1v) is 8.16. The van der Waals surface area contributed by atoms with Crippen molar-refractivity contribution in [2.45, 2.75) is 47.3 Å². The second-order valence-electron chi connectivity index (χ2n) is 6.59. The summed E-state index contributed by atoms with van der Waals surface area (Å²) in [5.41, 5.74) is -0.958. The predicted molar refractivity (Wildman–Crippen MR) is 75.5 cm³/mol. The molecule has 1 N–H and O–H groups in total. The molecule has 0 saturated carbocycles. The van der Waals surface area contributed by atoms with Crippen LogP contribution in [0.4, 0.5) is 0 Å². The molecule has 6 heteroatoms. The Morgan fingerprint density at radius 1 is 1.28 bits per heavy atom. The quantitative estimate of drug-likeness (QED) is 0.725. The minimum atomic E-state index is -3.86. The summed E-state index contributed by atoms with van der Waals surface area (Å²) in [7, 11) is -2.37. The molecule has 1 aliphatic heterocycles. The Balaban J connectivity index is 3.58. The van der Waals surface area contributed by atoms with Gasteiger partial charge >= 0.3 is 7.60 Å². The lowest BCUT2D eigenvalue weighted by atomic mass is 9.83. The van der Waals surface area contributed by atoms with Crippen molar-refractivity contribution in [3.63, 3.8) is 0 Å². The Kier molecular flexibility index (Phi) is 4.02. The third-order valence-electron chi connectivity index (χ3n) is 3.02. The van der Waals surface area contributed by atoms with E-state index in [1.807, 2.05) is 41.5 Å². The molecule has 2 atom stereocenters. The van der Waals surface area contributed by atoms with Crippen molar-refractivity contribution in [2.75, 3.05) is 7.11 Å². The summed E-state index contributed by atoms with van der Waals surface area (Å²) in [5.74, 6) is -1.22. The van der Waals surface area contributed by atoms with Gasteiger partial charge in [0.25, 0.3) is 0 Å². The largest absolute Gasteiger partial charge is 0.359 e. The Morgan fingerprint density at radius 3 is 1.89 bits per heavy atom. The number of allylic oxidation sites excluding steroid dienone is 1. The Labute approximate surface area is 117 Å². The van der Waals surface area contributed by atoms with E-state index in [-0.39, 0.29) is 0 Å². The molecular formula is C12H22BrO4P. The summed E-state index contributed by atoms with van der Waals surface area (Å²) in [4.78, 5) is 10.2. The molecule has 0 radical (unpaired) electrons. The van der Waals surface area contributed by atoms with Gasteiger partial charge in [-0.2, -0.15) is 0 Å². The average Bonchev–Trinajstić information content (AvgIpc) is 2.30. The van der Waals surface area contributed by atoms with E-state index in [2.05, 4.69) is 15.9 Å². The summed E-state index contributed by atoms with van der Waals surface area (Å²) in [6.45, 7) is 11.4. The van der Waals surface area contributed by atoms with Gasteiger partial charge in [-0.05, 0) is 21.3 Å². The summed E-state index contributed by atoms with van der Waals surface area (Å²) >= 11 is 3.43. The molecule has 2 unspecified atom stereocenters. The van der Waals surface area contributed by atoms with Crippen molar-refractivity contribution in [3.8, 4) is 0 Å². The average molecular weight is 341 g/mol. The highest BCUT2D eigenvalue weighted by Crippen LogP contribution is 2.71. The van der Waals surface area contributed by atoms with Gasteiger partial charge in [-0.25, -0.2) is 0 Å². The van der Waals surface area contributed by atoms with Crippen LogP contribution in [0.5, 0.6) is 0 Å². The van der Waals surface area contributed by atoms with Gasteiger partial charge in [0.05, 0.1) is 9.80 Å². The molecule has 0 spiro atoms. The molecular weight excluding hydrogens is 319 g/mol. The van der Waals surface area contributed by atoms with Crippen molar-refractivity contribution in [2.24, 2.45) is 10.8 Å². The molecule has 4 nitrogen and oxygen atoms in total. The second kappa shape index (κ2) is 4.42. The Bertz CT molecular complexity index is 430. The smallest absolute Gasteiger partial charge is 0.348 e. The van der Waals surface area contributed by atoms with Gasteiger partial charge in [0.15, 0.2) is 0 Å². The SMILES string of the molecule is COC1(C(C)(C)C)OP(=O)(O)C(C(C)(C)C)=C1Br. The van der Waals surface area contributed by atoms with Gasteiger partial charge in [0.2, 0.25) is 5.79 Å². The summed E-state index contributed by atoms with van der Waals surface area (Å²) in [6.07, 6.45) is 0. The third kappa shape index (κ3) is 2.36. The lowest BCUT2D eigenvalue weighted by Gasteiger charge is -2.39. The van der Waals surface area contributed by atoms with E-state index in [0.29, 0.717) is 9.80 Å². The molecule has 0 aromatic heterocycles. The minimum Gasteiger partial charge on any atom is -0.348 e. The normalized spacial score (nSPS) is 34.3. The summed E-state index contributed by atoms with van der Waals surface area (Å²) < 4.78 is 23.9. The van der Waals surface area contributed by atoms with Crippen molar-refractivity contribution in [1.82, 2.24) is 0 Å². The molecule has 0 saturated heterocycles. The Hall–Kier alpha value is 0.330. The van der Waals surface area contributed by atoms with Crippen LogP contribution in [-0.4, -0.2) is 17.8 Å². The number of rotatable bonds is 1. The second-order valence-corrected chi connectivity index (χ2v) is 9.06. The van der Waals surface area contributed by atoms with Crippen LogP contribution in [-0.2, 0) is 13.8 Å². The van der Waals surface area contributed by atoms with Gasteiger partial charge in [-0.15, -0.1) is 0 Å². The summed E-state index contributed by atoms with van der Waals surface area (Å²) in [6, 6.07) is 0. The van der Waals surface area contributed by atoms with E-state index in [1.54, 1.807) is 0 Å². The zero-order valence-electron chi connectivity index (χ0n) is 12.0. The van der Waals surface area contributed by atoms with Crippen LogP contribution in [0.25, 0.3) is 0 Å². The van der Waals surface area contributed by atoms with E-state index in [1.165, 1.54) is 7.11 Å². The third-order valence-corrected chi connectivity index (χ3v) is 6.21. The maximum absolute atomic E-state index is 12.4. The molecule has 1 aliphatic rings. The van der Waals surface area contributed by atoms with Crippen molar-refractivity contribution in [3.05, 3.63) is 9.80 Å². The van der Waals surface area contributed by atoms with Crippen LogP contribution in [0.1, 0.15) is 41.5 Å². The fourth-order valence-corrected chi connectivity index (χ4v) is 6.54. The van der Waals surface area contributed by atoms with E-state index < -0.39 is 24.2 Å². The molecule has 0 fully saturated rings. The number of halogens is 1. The molecule has 0 aliphatic carbocycles. The van der Waals surface area contributed by atoms with Crippen LogP contribution in [0.3, 0.4) is 0 Å². The maximum atomic E-state index is 12.4. The Morgan fingerprint density at radius 2 is 1.72 bits per heavy atom. The van der Waals surface area contributed by atoms with Crippen molar-refractivity contribution < 1.29 is 18.7 Å². The van der Waals surface area contributed by atoms with Crippen LogP contribution in [0, 0.1) is 10.8 Å². The highest BCUT2D eigenvalue weighted by atomic mass is 79.9.